The number of carbonyl (C=O) groups is 1. The molecular formula is C14H17N3O2. The van der Waals surface area contributed by atoms with Gasteiger partial charge in [0, 0.05) is 6.20 Å². The van der Waals surface area contributed by atoms with Crippen molar-refractivity contribution in [3.63, 3.8) is 0 Å². The highest BCUT2D eigenvalue weighted by Crippen LogP contribution is 2.10. The van der Waals surface area contributed by atoms with Gasteiger partial charge >= 0.3 is 5.97 Å². The monoisotopic (exact) mass is 259 g/mol. The van der Waals surface area contributed by atoms with Gasteiger partial charge in [0.15, 0.2) is 0 Å². The standard InChI is InChI=1S/C14H17N3O2/c1-10-3-11(2)5-12(4-10)9-19-14(18)8-17-7-13(15)6-16-17/h3-7H,8-9,15H2,1-2H3. The largest absolute Gasteiger partial charge is 0.459 e. The minimum atomic E-state index is -0.331. The van der Waals surface area contributed by atoms with Crippen molar-refractivity contribution in [1.82, 2.24) is 9.78 Å². The first-order chi connectivity index (χ1) is 9.02. The molecule has 1 heterocycles. The molecule has 19 heavy (non-hydrogen) atoms. The van der Waals surface area contributed by atoms with Crippen LogP contribution >= 0.6 is 0 Å². The molecule has 0 radical (unpaired) electrons. The van der Waals surface area contributed by atoms with Crippen molar-refractivity contribution in [3.05, 3.63) is 47.3 Å². The van der Waals surface area contributed by atoms with Crippen molar-refractivity contribution in [2.45, 2.75) is 27.0 Å². The van der Waals surface area contributed by atoms with Crippen LogP contribution in [-0.2, 0) is 22.7 Å². The lowest BCUT2D eigenvalue weighted by Gasteiger charge is -2.07. The van der Waals surface area contributed by atoms with Gasteiger partial charge in [0.05, 0.1) is 11.9 Å². The second-order valence-corrected chi connectivity index (χ2v) is 4.63. The molecule has 0 fully saturated rings. The summed E-state index contributed by atoms with van der Waals surface area (Å²) in [5.74, 6) is -0.331. The van der Waals surface area contributed by atoms with Crippen LogP contribution in [0, 0.1) is 13.8 Å². The maximum absolute atomic E-state index is 11.6. The summed E-state index contributed by atoms with van der Waals surface area (Å²) < 4.78 is 6.67. The van der Waals surface area contributed by atoms with Crippen molar-refractivity contribution in [1.29, 1.82) is 0 Å². The number of nitrogen functional groups attached to an aromatic ring is 1. The molecule has 0 amide bonds. The summed E-state index contributed by atoms with van der Waals surface area (Å²) in [5.41, 5.74) is 9.35. The highest BCUT2D eigenvalue weighted by molar-refractivity contribution is 5.69. The molecule has 2 N–H and O–H groups in total. The van der Waals surface area contributed by atoms with E-state index in [2.05, 4.69) is 11.2 Å². The van der Waals surface area contributed by atoms with Gasteiger partial charge in [0.2, 0.25) is 0 Å². The van der Waals surface area contributed by atoms with E-state index in [1.165, 1.54) is 10.9 Å². The van der Waals surface area contributed by atoms with Crippen molar-refractivity contribution in [2.75, 3.05) is 5.73 Å². The van der Waals surface area contributed by atoms with Gasteiger partial charge in [-0.05, 0) is 19.4 Å². The van der Waals surface area contributed by atoms with Crippen molar-refractivity contribution in [2.24, 2.45) is 0 Å². The number of nitrogens with zero attached hydrogens (tertiary/aromatic N) is 2. The Balaban J connectivity index is 1.89. The van der Waals surface area contributed by atoms with Crippen LogP contribution in [0.2, 0.25) is 0 Å². The molecular weight excluding hydrogens is 242 g/mol. The lowest BCUT2D eigenvalue weighted by Crippen LogP contribution is -2.13. The van der Waals surface area contributed by atoms with E-state index in [1.807, 2.05) is 26.0 Å². The Bertz CT molecular complexity index is 570. The summed E-state index contributed by atoms with van der Waals surface area (Å²) in [6, 6.07) is 6.09. The maximum atomic E-state index is 11.6. The maximum Gasteiger partial charge on any atom is 0.328 e. The third-order valence-electron chi connectivity index (χ3n) is 2.63. The number of hydrogen-bond donors (Lipinski definition) is 1. The van der Waals surface area contributed by atoms with Gasteiger partial charge in [0.1, 0.15) is 13.2 Å². The van der Waals surface area contributed by atoms with Gasteiger partial charge in [-0.2, -0.15) is 5.10 Å². The molecule has 0 saturated heterocycles. The van der Waals surface area contributed by atoms with Gasteiger partial charge < -0.3 is 10.5 Å². The van der Waals surface area contributed by atoms with E-state index in [9.17, 15) is 4.79 Å². The van der Waals surface area contributed by atoms with Gasteiger partial charge in [-0.25, -0.2) is 0 Å². The molecule has 1 aromatic heterocycles. The normalized spacial score (nSPS) is 10.4. The predicted molar refractivity (Wildman–Crippen MR) is 72.4 cm³/mol. The van der Waals surface area contributed by atoms with E-state index in [-0.39, 0.29) is 19.1 Å². The van der Waals surface area contributed by atoms with Crippen LogP contribution in [0.1, 0.15) is 16.7 Å². The Morgan fingerprint density at radius 1 is 1.32 bits per heavy atom. The third-order valence-corrected chi connectivity index (χ3v) is 2.63. The summed E-state index contributed by atoms with van der Waals surface area (Å²) in [7, 11) is 0. The zero-order valence-electron chi connectivity index (χ0n) is 11.1. The zero-order valence-corrected chi connectivity index (χ0v) is 11.1. The van der Waals surface area contributed by atoms with Crippen molar-refractivity contribution >= 4 is 11.7 Å². The van der Waals surface area contributed by atoms with E-state index in [1.54, 1.807) is 6.20 Å². The van der Waals surface area contributed by atoms with Crippen LogP contribution in [0.25, 0.3) is 0 Å². The Morgan fingerprint density at radius 2 is 2.00 bits per heavy atom. The van der Waals surface area contributed by atoms with Gasteiger partial charge in [-0.15, -0.1) is 0 Å². The number of nitrogens with two attached hydrogens (primary N) is 1. The summed E-state index contributed by atoms with van der Waals surface area (Å²) in [4.78, 5) is 11.6. The zero-order chi connectivity index (χ0) is 13.8. The fourth-order valence-corrected chi connectivity index (χ4v) is 1.96. The number of esters is 1. The molecule has 0 bridgehead atoms. The van der Waals surface area contributed by atoms with Crippen LogP contribution in [0.15, 0.2) is 30.6 Å². The molecule has 0 aliphatic heterocycles. The number of benzene rings is 1. The molecule has 0 aliphatic rings. The molecule has 2 aromatic rings. The Hall–Kier alpha value is -2.30. The molecule has 5 nitrogen and oxygen atoms in total. The van der Waals surface area contributed by atoms with Crippen LogP contribution < -0.4 is 5.73 Å². The van der Waals surface area contributed by atoms with E-state index in [4.69, 9.17) is 10.5 Å². The summed E-state index contributed by atoms with van der Waals surface area (Å²) in [6.07, 6.45) is 3.09. The number of ether oxygens (including phenoxy) is 1. The second kappa shape index (κ2) is 5.56. The molecule has 0 aliphatic carbocycles. The number of anilines is 1. The molecule has 0 spiro atoms. The average Bonchev–Trinajstić information content (AvgIpc) is 2.71. The van der Waals surface area contributed by atoms with E-state index in [0.717, 1.165) is 16.7 Å². The molecule has 100 valence electrons. The first kappa shape index (κ1) is 13.1. The van der Waals surface area contributed by atoms with Gasteiger partial charge in [0.25, 0.3) is 0 Å². The number of aromatic nitrogens is 2. The number of hydrogen-bond acceptors (Lipinski definition) is 4. The van der Waals surface area contributed by atoms with Crippen LogP contribution in [-0.4, -0.2) is 15.7 Å². The molecule has 0 atom stereocenters. The smallest absolute Gasteiger partial charge is 0.328 e. The minimum absolute atomic E-state index is 0.0714. The first-order valence-electron chi connectivity index (χ1n) is 6.03. The number of rotatable bonds is 4. The number of aryl methyl sites for hydroxylation is 2. The highest BCUT2D eigenvalue weighted by Gasteiger charge is 2.06. The van der Waals surface area contributed by atoms with Gasteiger partial charge in [-0.1, -0.05) is 29.3 Å². The van der Waals surface area contributed by atoms with Crippen molar-refractivity contribution < 1.29 is 9.53 Å². The first-order valence-corrected chi connectivity index (χ1v) is 6.03. The van der Waals surface area contributed by atoms with E-state index in [0.29, 0.717) is 5.69 Å². The second-order valence-electron chi connectivity index (χ2n) is 4.63. The van der Waals surface area contributed by atoms with Gasteiger partial charge in [-0.3, -0.25) is 9.48 Å². The highest BCUT2D eigenvalue weighted by atomic mass is 16.5. The number of carbonyl (C=O) groups excluding carboxylic acids is 1. The average molecular weight is 259 g/mol. The summed E-state index contributed by atoms with van der Waals surface area (Å²) in [6.45, 7) is 4.38. The van der Waals surface area contributed by atoms with Crippen molar-refractivity contribution in [3.8, 4) is 0 Å². The fraction of sp³-hybridized carbons (Fsp3) is 0.286. The Morgan fingerprint density at radius 3 is 2.58 bits per heavy atom. The molecule has 2 rings (SSSR count). The van der Waals surface area contributed by atoms with Crippen LogP contribution in [0.5, 0.6) is 0 Å². The predicted octanol–water partition coefficient (Wildman–Crippen LogP) is 1.83. The molecule has 5 heteroatoms. The fourth-order valence-electron chi connectivity index (χ4n) is 1.96. The summed E-state index contributed by atoms with van der Waals surface area (Å²) in [5, 5.41) is 3.93. The van der Waals surface area contributed by atoms with Crippen LogP contribution in [0.3, 0.4) is 0 Å². The van der Waals surface area contributed by atoms with Crippen LogP contribution in [0.4, 0.5) is 5.69 Å². The Labute approximate surface area is 112 Å². The topological polar surface area (TPSA) is 70.1 Å². The third kappa shape index (κ3) is 3.84. The SMILES string of the molecule is Cc1cc(C)cc(COC(=O)Cn2cc(N)cn2)c1. The Kier molecular flexibility index (Phi) is 3.85. The quantitative estimate of drug-likeness (QED) is 0.850. The molecule has 1 aromatic carbocycles. The molecule has 0 unspecified atom stereocenters. The lowest BCUT2D eigenvalue weighted by molar-refractivity contribution is -0.145. The minimum Gasteiger partial charge on any atom is -0.459 e. The van der Waals surface area contributed by atoms with E-state index < -0.39 is 0 Å². The lowest BCUT2D eigenvalue weighted by atomic mass is 10.1. The van der Waals surface area contributed by atoms with E-state index >= 15 is 0 Å². The molecule has 0 saturated carbocycles. The summed E-state index contributed by atoms with van der Waals surface area (Å²) >= 11 is 0.